The van der Waals surface area contributed by atoms with E-state index in [0.29, 0.717) is 17.4 Å². The Kier molecular flexibility index (Phi) is 4.12. The van der Waals surface area contributed by atoms with Crippen molar-refractivity contribution in [3.8, 4) is 0 Å². The van der Waals surface area contributed by atoms with Crippen LogP contribution in [-0.2, 0) is 7.05 Å². The summed E-state index contributed by atoms with van der Waals surface area (Å²) in [6.07, 6.45) is 7.45. The van der Waals surface area contributed by atoms with E-state index in [0.717, 1.165) is 18.8 Å². The normalized spacial score (nSPS) is 23.3. The van der Waals surface area contributed by atoms with Gasteiger partial charge in [-0.2, -0.15) is 5.10 Å². The summed E-state index contributed by atoms with van der Waals surface area (Å²) < 4.78 is 1.54. The lowest BCUT2D eigenvalue weighted by atomic mass is 9.84. The third kappa shape index (κ3) is 2.74. The molecule has 1 saturated carbocycles. The molecule has 0 atom stereocenters. The fourth-order valence-corrected chi connectivity index (χ4v) is 2.91. The minimum absolute atomic E-state index is 0.00875. The van der Waals surface area contributed by atoms with Gasteiger partial charge in [-0.25, -0.2) is 0 Å². The first-order valence-corrected chi connectivity index (χ1v) is 7.09. The molecule has 1 aliphatic rings. The smallest absolute Gasteiger partial charge is 0.259 e. The Morgan fingerprint density at radius 1 is 1.47 bits per heavy atom. The van der Waals surface area contributed by atoms with Gasteiger partial charge in [-0.1, -0.05) is 13.3 Å². The Hall–Kier alpha value is -1.52. The van der Waals surface area contributed by atoms with Crippen molar-refractivity contribution in [2.24, 2.45) is 13.0 Å². The van der Waals surface area contributed by atoms with Gasteiger partial charge in [0.2, 0.25) is 0 Å². The molecular weight excluding hydrogens is 240 g/mol. The van der Waals surface area contributed by atoms with Crippen molar-refractivity contribution in [3.05, 3.63) is 11.8 Å². The van der Waals surface area contributed by atoms with Crippen LogP contribution in [0.1, 0.15) is 49.4 Å². The van der Waals surface area contributed by atoms with Crippen LogP contribution in [-0.4, -0.2) is 33.7 Å². The molecule has 1 heterocycles. The van der Waals surface area contributed by atoms with Gasteiger partial charge >= 0.3 is 0 Å². The molecule has 1 aromatic rings. The molecule has 5 nitrogen and oxygen atoms in total. The summed E-state index contributed by atoms with van der Waals surface area (Å²) in [4.78, 5) is 14.3. The highest BCUT2D eigenvalue weighted by Gasteiger charge is 2.27. The maximum absolute atomic E-state index is 12.4. The number of aryl methyl sites for hydroxylation is 1. The molecule has 2 N–H and O–H groups in total. The zero-order valence-electron chi connectivity index (χ0n) is 12.1. The van der Waals surface area contributed by atoms with E-state index in [1.54, 1.807) is 13.2 Å². The second-order valence-corrected chi connectivity index (χ2v) is 5.57. The predicted molar refractivity (Wildman–Crippen MR) is 75.8 cm³/mol. The van der Waals surface area contributed by atoms with Crippen LogP contribution in [0.15, 0.2) is 6.20 Å². The highest BCUT2D eigenvalue weighted by molar-refractivity contribution is 5.98. The van der Waals surface area contributed by atoms with Gasteiger partial charge in [-0.3, -0.25) is 9.48 Å². The van der Waals surface area contributed by atoms with Gasteiger partial charge in [0, 0.05) is 20.1 Å². The second-order valence-electron chi connectivity index (χ2n) is 5.57. The molecule has 0 bridgehead atoms. The van der Waals surface area contributed by atoms with Gasteiger partial charge in [-0.05, 0) is 31.6 Å². The number of aromatic nitrogens is 2. The first kappa shape index (κ1) is 13.9. The van der Waals surface area contributed by atoms with E-state index in [1.807, 2.05) is 11.9 Å². The molecule has 0 aliphatic heterocycles. The second kappa shape index (κ2) is 5.63. The Morgan fingerprint density at radius 2 is 2.11 bits per heavy atom. The Morgan fingerprint density at radius 3 is 2.58 bits per heavy atom. The molecule has 106 valence electrons. The fraction of sp³-hybridized carbons (Fsp3) is 0.714. The first-order valence-electron chi connectivity index (χ1n) is 7.09. The van der Waals surface area contributed by atoms with Crippen LogP contribution in [0.5, 0.6) is 0 Å². The number of carbonyl (C=O) groups excluding carboxylic acids is 1. The van der Waals surface area contributed by atoms with Crippen LogP contribution in [0.25, 0.3) is 0 Å². The molecule has 1 amide bonds. The highest BCUT2D eigenvalue weighted by atomic mass is 16.2. The summed E-state index contributed by atoms with van der Waals surface area (Å²) in [7, 11) is 3.63. The van der Waals surface area contributed by atoms with Crippen LogP contribution in [0.2, 0.25) is 0 Å². The molecule has 2 rings (SSSR count). The minimum Gasteiger partial charge on any atom is -0.383 e. The van der Waals surface area contributed by atoms with Gasteiger partial charge in [-0.15, -0.1) is 0 Å². The monoisotopic (exact) mass is 264 g/mol. The number of nitrogens with two attached hydrogens (primary N) is 1. The van der Waals surface area contributed by atoms with Gasteiger partial charge < -0.3 is 10.6 Å². The summed E-state index contributed by atoms with van der Waals surface area (Å²) in [6, 6.07) is 0.343. The maximum Gasteiger partial charge on any atom is 0.259 e. The molecule has 1 aromatic heterocycles. The van der Waals surface area contributed by atoms with Crippen molar-refractivity contribution >= 4 is 11.7 Å². The largest absolute Gasteiger partial charge is 0.383 e. The van der Waals surface area contributed by atoms with E-state index >= 15 is 0 Å². The molecule has 19 heavy (non-hydrogen) atoms. The third-order valence-corrected chi connectivity index (χ3v) is 4.48. The predicted octanol–water partition coefficient (Wildman–Crippen LogP) is 2.04. The number of anilines is 1. The summed E-state index contributed by atoms with van der Waals surface area (Å²) in [5.41, 5.74) is 6.38. The first-order chi connectivity index (χ1) is 9.04. The van der Waals surface area contributed by atoms with E-state index in [4.69, 9.17) is 5.73 Å². The van der Waals surface area contributed by atoms with Gasteiger partial charge in [0.15, 0.2) is 0 Å². The topological polar surface area (TPSA) is 64.2 Å². The molecule has 0 spiro atoms. The van der Waals surface area contributed by atoms with E-state index < -0.39 is 0 Å². The summed E-state index contributed by atoms with van der Waals surface area (Å²) in [5.74, 6) is 1.27. The summed E-state index contributed by atoms with van der Waals surface area (Å²) in [6.45, 7) is 2.25. The van der Waals surface area contributed by atoms with Crippen LogP contribution in [0.4, 0.5) is 5.82 Å². The van der Waals surface area contributed by atoms with Crippen LogP contribution < -0.4 is 5.73 Å². The number of carbonyl (C=O) groups is 1. The fourth-order valence-electron chi connectivity index (χ4n) is 2.91. The quantitative estimate of drug-likeness (QED) is 0.908. The average Bonchev–Trinajstić information content (AvgIpc) is 2.77. The minimum atomic E-state index is -0.00875. The zero-order valence-corrected chi connectivity index (χ0v) is 12.1. The zero-order chi connectivity index (χ0) is 14.0. The SMILES string of the molecule is CCC1CCC(N(C)C(=O)c2cnn(C)c2N)CC1. The molecule has 0 radical (unpaired) electrons. The van der Waals surface area contributed by atoms with E-state index in [2.05, 4.69) is 12.0 Å². The van der Waals surface area contributed by atoms with E-state index in [-0.39, 0.29) is 5.91 Å². The van der Waals surface area contributed by atoms with Crippen molar-refractivity contribution in [3.63, 3.8) is 0 Å². The Labute approximate surface area is 114 Å². The van der Waals surface area contributed by atoms with Crippen LogP contribution >= 0.6 is 0 Å². The van der Waals surface area contributed by atoms with E-state index in [9.17, 15) is 4.79 Å². The standard InChI is InChI=1S/C14H24N4O/c1-4-10-5-7-11(8-6-10)17(2)14(19)12-9-16-18(3)13(12)15/h9-11H,4-8,15H2,1-3H3. The van der Waals surface area contributed by atoms with Crippen molar-refractivity contribution in [2.75, 3.05) is 12.8 Å². The van der Waals surface area contributed by atoms with Crippen molar-refractivity contribution in [1.29, 1.82) is 0 Å². The van der Waals surface area contributed by atoms with E-state index in [1.165, 1.54) is 23.9 Å². The molecule has 1 fully saturated rings. The van der Waals surface area contributed by atoms with Gasteiger partial charge in [0.1, 0.15) is 11.4 Å². The number of nitrogen functional groups attached to an aromatic ring is 1. The number of rotatable bonds is 3. The van der Waals surface area contributed by atoms with Crippen molar-refractivity contribution < 1.29 is 4.79 Å². The lowest BCUT2D eigenvalue weighted by Gasteiger charge is -2.34. The number of hydrogen-bond acceptors (Lipinski definition) is 3. The molecular formula is C14H24N4O. The third-order valence-electron chi connectivity index (χ3n) is 4.48. The molecule has 0 unspecified atom stereocenters. The maximum atomic E-state index is 12.4. The Bertz CT molecular complexity index is 446. The van der Waals surface area contributed by atoms with Crippen LogP contribution in [0, 0.1) is 5.92 Å². The lowest BCUT2D eigenvalue weighted by molar-refractivity contribution is 0.0675. The summed E-state index contributed by atoms with van der Waals surface area (Å²) >= 11 is 0. The number of nitrogens with zero attached hydrogens (tertiary/aromatic N) is 3. The van der Waals surface area contributed by atoms with Gasteiger partial charge in [0.25, 0.3) is 5.91 Å². The molecule has 0 saturated heterocycles. The van der Waals surface area contributed by atoms with Gasteiger partial charge in [0.05, 0.1) is 6.20 Å². The molecule has 1 aliphatic carbocycles. The Balaban J connectivity index is 2.02. The van der Waals surface area contributed by atoms with Crippen LogP contribution in [0.3, 0.4) is 0 Å². The van der Waals surface area contributed by atoms with Crippen molar-refractivity contribution in [2.45, 2.75) is 45.1 Å². The lowest BCUT2D eigenvalue weighted by Crippen LogP contribution is -2.39. The molecule has 0 aromatic carbocycles. The van der Waals surface area contributed by atoms with Crippen molar-refractivity contribution in [1.82, 2.24) is 14.7 Å². The highest BCUT2D eigenvalue weighted by Crippen LogP contribution is 2.29. The molecule has 5 heteroatoms. The number of hydrogen-bond donors (Lipinski definition) is 1. The average molecular weight is 264 g/mol. The summed E-state index contributed by atoms with van der Waals surface area (Å²) in [5, 5.41) is 4.03. The number of amides is 1.